The lowest BCUT2D eigenvalue weighted by Gasteiger charge is -2.15. The first kappa shape index (κ1) is 24.3. The van der Waals surface area contributed by atoms with E-state index in [-0.39, 0.29) is 0 Å². The third-order valence-corrected chi connectivity index (χ3v) is 7.27. The summed E-state index contributed by atoms with van der Waals surface area (Å²) in [6.07, 6.45) is 7.94. The van der Waals surface area contributed by atoms with E-state index in [1.54, 1.807) is 21.3 Å². The molecule has 3 heterocycles. The van der Waals surface area contributed by atoms with Crippen molar-refractivity contribution in [3.05, 3.63) is 45.9 Å². The lowest BCUT2D eigenvalue weighted by Crippen LogP contribution is -2.07. The molecule has 2 aromatic heterocycles. The number of aryl methyl sites for hydroxylation is 2. The molecule has 3 aromatic rings. The summed E-state index contributed by atoms with van der Waals surface area (Å²) in [4.78, 5) is 6.39. The number of ether oxygens (including phenoxy) is 3. The standard InChI is InChI=1S/C26H34N4O3S/c1-6-8-9-10-12-18-15-19-24(17-13-20(31-3)25(33-5)21(14-17)32-4)27-16-23-29-28-22(11-7-2)30(23)26(19)34-18/h13-15H,6-12,16H2,1-5H3. The quantitative estimate of drug-likeness (QED) is 0.324. The van der Waals surface area contributed by atoms with Crippen LogP contribution < -0.4 is 14.2 Å². The molecule has 34 heavy (non-hydrogen) atoms. The molecule has 0 atom stereocenters. The smallest absolute Gasteiger partial charge is 0.203 e. The molecule has 0 aliphatic carbocycles. The van der Waals surface area contributed by atoms with Crippen molar-refractivity contribution in [2.24, 2.45) is 4.99 Å². The van der Waals surface area contributed by atoms with Gasteiger partial charge in [0.15, 0.2) is 17.3 Å². The highest BCUT2D eigenvalue weighted by Gasteiger charge is 2.27. The molecule has 1 aliphatic rings. The number of benzene rings is 1. The lowest BCUT2D eigenvalue weighted by atomic mass is 10.0. The Morgan fingerprint density at radius 3 is 2.29 bits per heavy atom. The van der Waals surface area contributed by atoms with E-state index in [0.717, 1.165) is 52.8 Å². The third-order valence-electron chi connectivity index (χ3n) is 6.09. The van der Waals surface area contributed by atoms with Gasteiger partial charge in [0.2, 0.25) is 5.75 Å². The number of aromatic nitrogens is 3. The van der Waals surface area contributed by atoms with Crippen molar-refractivity contribution in [1.29, 1.82) is 0 Å². The van der Waals surface area contributed by atoms with Crippen LogP contribution in [0.2, 0.25) is 0 Å². The minimum absolute atomic E-state index is 0.468. The number of unbranched alkanes of at least 4 members (excludes halogenated alkanes) is 3. The molecule has 7 nitrogen and oxygen atoms in total. The van der Waals surface area contributed by atoms with Crippen LogP contribution in [0.5, 0.6) is 17.2 Å². The van der Waals surface area contributed by atoms with Crippen molar-refractivity contribution in [2.75, 3.05) is 21.3 Å². The molecule has 8 heteroatoms. The molecule has 0 spiro atoms. The fraction of sp³-hybridized carbons (Fsp3) is 0.500. The minimum atomic E-state index is 0.468. The summed E-state index contributed by atoms with van der Waals surface area (Å²) in [5.41, 5.74) is 2.96. The topological polar surface area (TPSA) is 70.8 Å². The Labute approximate surface area is 205 Å². The summed E-state index contributed by atoms with van der Waals surface area (Å²) >= 11 is 1.83. The van der Waals surface area contributed by atoms with Crippen molar-refractivity contribution in [3.63, 3.8) is 0 Å². The van der Waals surface area contributed by atoms with Gasteiger partial charge in [-0.2, -0.15) is 0 Å². The molecular weight excluding hydrogens is 448 g/mol. The van der Waals surface area contributed by atoms with Crippen LogP contribution in [0.15, 0.2) is 23.2 Å². The molecule has 0 N–H and O–H groups in total. The zero-order valence-corrected chi connectivity index (χ0v) is 21.6. The molecule has 4 rings (SSSR count). The Balaban J connectivity index is 1.83. The van der Waals surface area contributed by atoms with Gasteiger partial charge in [0.1, 0.15) is 17.4 Å². The van der Waals surface area contributed by atoms with E-state index in [9.17, 15) is 0 Å². The summed E-state index contributed by atoms with van der Waals surface area (Å²) in [7, 11) is 4.89. The van der Waals surface area contributed by atoms with Gasteiger partial charge in [-0.3, -0.25) is 9.56 Å². The summed E-state index contributed by atoms with van der Waals surface area (Å²) in [5.74, 6) is 3.69. The number of nitrogens with zero attached hydrogens (tertiary/aromatic N) is 4. The fourth-order valence-electron chi connectivity index (χ4n) is 4.39. The van der Waals surface area contributed by atoms with Gasteiger partial charge < -0.3 is 14.2 Å². The Hall–Kier alpha value is -2.87. The highest BCUT2D eigenvalue weighted by molar-refractivity contribution is 7.15. The number of hydrogen-bond acceptors (Lipinski definition) is 7. The molecule has 1 aliphatic heterocycles. The van der Waals surface area contributed by atoms with Crippen LogP contribution in [0.1, 0.15) is 73.6 Å². The summed E-state index contributed by atoms with van der Waals surface area (Å²) in [5, 5.41) is 10.1. The Morgan fingerprint density at radius 2 is 1.65 bits per heavy atom. The summed E-state index contributed by atoms with van der Waals surface area (Å²) in [6.45, 7) is 4.89. The average Bonchev–Trinajstić information content (AvgIpc) is 3.41. The maximum absolute atomic E-state index is 5.62. The van der Waals surface area contributed by atoms with E-state index in [1.807, 2.05) is 23.5 Å². The summed E-state index contributed by atoms with van der Waals surface area (Å²) < 4.78 is 19.0. The van der Waals surface area contributed by atoms with Gasteiger partial charge in [-0.1, -0.05) is 33.1 Å². The highest BCUT2D eigenvalue weighted by atomic mass is 32.1. The van der Waals surface area contributed by atoms with Crippen molar-refractivity contribution >= 4 is 17.0 Å². The molecule has 0 amide bonds. The number of fused-ring (bicyclic) bond motifs is 3. The van der Waals surface area contributed by atoms with Crippen LogP contribution in [0, 0.1) is 0 Å². The number of rotatable bonds is 11. The van der Waals surface area contributed by atoms with Gasteiger partial charge in [0.25, 0.3) is 0 Å². The van der Waals surface area contributed by atoms with Gasteiger partial charge in [0, 0.05) is 22.4 Å². The first-order valence-corrected chi connectivity index (χ1v) is 12.9. The highest BCUT2D eigenvalue weighted by Crippen LogP contribution is 2.41. The van der Waals surface area contributed by atoms with Crippen molar-refractivity contribution in [1.82, 2.24) is 14.8 Å². The van der Waals surface area contributed by atoms with E-state index in [1.165, 1.54) is 30.6 Å². The monoisotopic (exact) mass is 482 g/mol. The van der Waals surface area contributed by atoms with Crippen LogP contribution in [0.3, 0.4) is 0 Å². The fourth-order valence-corrected chi connectivity index (χ4v) is 5.63. The molecule has 0 saturated carbocycles. The average molecular weight is 483 g/mol. The minimum Gasteiger partial charge on any atom is -0.493 e. The van der Waals surface area contributed by atoms with Crippen LogP contribution in [-0.2, 0) is 19.4 Å². The lowest BCUT2D eigenvalue weighted by molar-refractivity contribution is 0.324. The van der Waals surface area contributed by atoms with Crippen molar-refractivity contribution in [3.8, 4) is 22.2 Å². The maximum atomic E-state index is 5.62. The van der Waals surface area contributed by atoms with Gasteiger partial charge in [-0.25, -0.2) is 0 Å². The molecule has 0 unspecified atom stereocenters. The summed E-state index contributed by atoms with van der Waals surface area (Å²) in [6, 6.07) is 6.25. The Morgan fingerprint density at radius 1 is 0.882 bits per heavy atom. The number of aliphatic imine (C=N–C) groups is 1. The molecule has 0 radical (unpaired) electrons. The predicted octanol–water partition coefficient (Wildman–Crippen LogP) is 5.78. The SMILES string of the molecule is CCCCCCc1cc2c(s1)-n1c(CCC)nnc1CN=C2c1cc(OC)c(OC)c(OC)c1. The van der Waals surface area contributed by atoms with Crippen LogP contribution in [0.4, 0.5) is 0 Å². The second kappa shape index (κ2) is 11.0. The molecule has 0 saturated heterocycles. The number of methoxy groups -OCH3 is 3. The largest absolute Gasteiger partial charge is 0.493 e. The predicted molar refractivity (Wildman–Crippen MR) is 137 cm³/mol. The van der Waals surface area contributed by atoms with Gasteiger partial charge in [-0.05, 0) is 37.5 Å². The second-order valence-electron chi connectivity index (χ2n) is 8.44. The molecular formula is C26H34N4O3S. The van der Waals surface area contributed by atoms with E-state index in [4.69, 9.17) is 19.2 Å². The second-order valence-corrected chi connectivity index (χ2v) is 9.55. The number of thiophene rings is 1. The van der Waals surface area contributed by atoms with Gasteiger partial charge in [-0.15, -0.1) is 21.5 Å². The van der Waals surface area contributed by atoms with Crippen LogP contribution in [-0.4, -0.2) is 41.8 Å². The Bertz CT molecular complexity index is 1140. The van der Waals surface area contributed by atoms with Gasteiger partial charge >= 0.3 is 0 Å². The van der Waals surface area contributed by atoms with Crippen LogP contribution in [0.25, 0.3) is 5.00 Å². The van der Waals surface area contributed by atoms with E-state index in [2.05, 4.69) is 34.7 Å². The molecule has 0 bridgehead atoms. The maximum Gasteiger partial charge on any atom is 0.203 e. The first-order valence-electron chi connectivity index (χ1n) is 12.1. The third kappa shape index (κ3) is 4.69. The van der Waals surface area contributed by atoms with Crippen molar-refractivity contribution < 1.29 is 14.2 Å². The molecule has 182 valence electrons. The molecule has 1 aromatic carbocycles. The van der Waals surface area contributed by atoms with Crippen molar-refractivity contribution in [2.45, 2.75) is 65.3 Å². The Kier molecular flexibility index (Phi) is 7.88. The first-order chi connectivity index (χ1) is 16.6. The molecule has 0 fully saturated rings. The van der Waals surface area contributed by atoms with Gasteiger partial charge in [0.05, 0.1) is 27.0 Å². The normalized spacial score (nSPS) is 12.6. The van der Waals surface area contributed by atoms with E-state index >= 15 is 0 Å². The van der Waals surface area contributed by atoms with E-state index in [0.29, 0.717) is 23.8 Å². The zero-order chi connectivity index (χ0) is 24.1. The zero-order valence-electron chi connectivity index (χ0n) is 20.8. The van der Waals surface area contributed by atoms with E-state index < -0.39 is 0 Å². The number of hydrogen-bond donors (Lipinski definition) is 0. The van der Waals surface area contributed by atoms with Crippen LogP contribution >= 0.6 is 11.3 Å².